The number of thioether (sulfide) groups is 1. The molecule has 0 bridgehead atoms. The second kappa shape index (κ2) is 6.98. The average molecular weight is 284 g/mol. The minimum absolute atomic E-state index is 0.180. The SMILES string of the molecule is CSCC[C@H](N)C(=O)N1CCC2(CCCCC2)CC1. The first-order valence-corrected chi connectivity index (χ1v) is 9.10. The van der Waals surface area contributed by atoms with Crippen LogP contribution in [0.5, 0.6) is 0 Å². The molecular weight excluding hydrogens is 256 g/mol. The zero-order valence-electron chi connectivity index (χ0n) is 12.2. The molecule has 19 heavy (non-hydrogen) atoms. The molecule has 1 spiro atoms. The summed E-state index contributed by atoms with van der Waals surface area (Å²) in [6, 6.07) is -0.284. The fraction of sp³-hybridized carbons (Fsp3) is 0.933. The van der Waals surface area contributed by atoms with Crippen LogP contribution in [0.25, 0.3) is 0 Å². The molecule has 0 radical (unpaired) electrons. The molecule has 2 rings (SSSR count). The molecule has 1 saturated heterocycles. The van der Waals surface area contributed by atoms with Crippen molar-refractivity contribution in [3.8, 4) is 0 Å². The lowest BCUT2D eigenvalue weighted by molar-refractivity contribution is -0.135. The summed E-state index contributed by atoms with van der Waals surface area (Å²) < 4.78 is 0. The highest BCUT2D eigenvalue weighted by Crippen LogP contribution is 2.44. The predicted octanol–water partition coefficient (Wildman–Crippen LogP) is 2.64. The normalized spacial score (nSPS) is 24.4. The third-order valence-electron chi connectivity index (χ3n) is 5.00. The zero-order chi connectivity index (χ0) is 13.7. The molecule has 0 unspecified atom stereocenters. The van der Waals surface area contributed by atoms with E-state index in [4.69, 9.17) is 5.73 Å². The van der Waals surface area contributed by atoms with E-state index in [0.717, 1.165) is 25.3 Å². The molecular formula is C15H28N2OS. The van der Waals surface area contributed by atoms with E-state index in [1.54, 1.807) is 11.8 Å². The number of nitrogens with zero attached hydrogens (tertiary/aromatic N) is 1. The maximum Gasteiger partial charge on any atom is 0.239 e. The van der Waals surface area contributed by atoms with Crippen LogP contribution in [0.2, 0.25) is 0 Å². The van der Waals surface area contributed by atoms with Crippen LogP contribution in [-0.2, 0) is 4.79 Å². The summed E-state index contributed by atoms with van der Waals surface area (Å²) >= 11 is 1.76. The smallest absolute Gasteiger partial charge is 0.239 e. The Morgan fingerprint density at radius 1 is 1.21 bits per heavy atom. The average Bonchev–Trinajstić information content (AvgIpc) is 2.46. The van der Waals surface area contributed by atoms with Crippen molar-refractivity contribution in [1.82, 2.24) is 4.90 Å². The standard InChI is InChI=1S/C15H28N2OS/c1-19-12-5-13(16)14(18)17-10-8-15(9-11-17)6-3-2-4-7-15/h13H,2-12,16H2,1H3/t13-/m0/s1. The summed E-state index contributed by atoms with van der Waals surface area (Å²) in [5.74, 6) is 1.16. The Kier molecular flexibility index (Phi) is 5.58. The number of amides is 1. The molecule has 2 aliphatic rings. The fourth-order valence-corrected chi connectivity index (χ4v) is 4.10. The number of piperidine rings is 1. The summed E-state index contributed by atoms with van der Waals surface area (Å²) in [5, 5.41) is 0. The van der Waals surface area contributed by atoms with Gasteiger partial charge < -0.3 is 10.6 Å². The van der Waals surface area contributed by atoms with E-state index in [9.17, 15) is 4.79 Å². The number of likely N-dealkylation sites (tertiary alicyclic amines) is 1. The summed E-state index contributed by atoms with van der Waals surface area (Å²) in [6.07, 6.45) is 12.2. The van der Waals surface area contributed by atoms with Crippen LogP contribution in [0, 0.1) is 5.41 Å². The summed E-state index contributed by atoms with van der Waals surface area (Å²) in [4.78, 5) is 14.3. The van der Waals surface area contributed by atoms with Crippen LogP contribution in [0.1, 0.15) is 51.4 Å². The number of nitrogens with two attached hydrogens (primary N) is 1. The molecule has 1 aliphatic carbocycles. The molecule has 1 aliphatic heterocycles. The monoisotopic (exact) mass is 284 g/mol. The minimum atomic E-state index is -0.284. The van der Waals surface area contributed by atoms with E-state index in [0.29, 0.717) is 5.41 Å². The van der Waals surface area contributed by atoms with Gasteiger partial charge in [-0.1, -0.05) is 19.3 Å². The Bertz CT molecular complexity index is 293. The van der Waals surface area contributed by atoms with E-state index >= 15 is 0 Å². The lowest BCUT2D eigenvalue weighted by Crippen LogP contribution is -2.49. The van der Waals surface area contributed by atoms with E-state index in [1.165, 1.54) is 44.9 Å². The van der Waals surface area contributed by atoms with Crippen LogP contribution in [0.15, 0.2) is 0 Å². The summed E-state index contributed by atoms with van der Waals surface area (Å²) in [7, 11) is 0. The second-order valence-electron chi connectivity index (χ2n) is 6.27. The van der Waals surface area contributed by atoms with Crippen molar-refractivity contribution in [2.75, 3.05) is 25.1 Å². The number of rotatable bonds is 4. The van der Waals surface area contributed by atoms with Gasteiger partial charge in [0, 0.05) is 13.1 Å². The van der Waals surface area contributed by atoms with Gasteiger partial charge in [0.15, 0.2) is 0 Å². The first-order chi connectivity index (χ1) is 9.17. The Balaban J connectivity index is 1.80. The zero-order valence-corrected chi connectivity index (χ0v) is 13.0. The molecule has 2 N–H and O–H groups in total. The Labute approximate surface area is 121 Å². The summed E-state index contributed by atoms with van der Waals surface area (Å²) in [6.45, 7) is 1.87. The first kappa shape index (κ1) is 15.2. The van der Waals surface area contributed by atoms with Crippen molar-refractivity contribution in [3.05, 3.63) is 0 Å². The van der Waals surface area contributed by atoms with Gasteiger partial charge in [-0.05, 0) is 49.5 Å². The van der Waals surface area contributed by atoms with Gasteiger partial charge in [0.2, 0.25) is 5.91 Å². The third-order valence-corrected chi connectivity index (χ3v) is 5.64. The van der Waals surface area contributed by atoms with E-state index in [2.05, 4.69) is 6.26 Å². The molecule has 0 aromatic rings. The highest BCUT2D eigenvalue weighted by Gasteiger charge is 2.37. The Morgan fingerprint density at radius 3 is 2.42 bits per heavy atom. The highest BCUT2D eigenvalue weighted by molar-refractivity contribution is 7.98. The van der Waals surface area contributed by atoms with Crippen molar-refractivity contribution >= 4 is 17.7 Å². The van der Waals surface area contributed by atoms with Crippen molar-refractivity contribution < 1.29 is 4.79 Å². The largest absolute Gasteiger partial charge is 0.341 e. The van der Waals surface area contributed by atoms with Crippen LogP contribution in [0.4, 0.5) is 0 Å². The minimum Gasteiger partial charge on any atom is -0.341 e. The van der Waals surface area contributed by atoms with Crippen molar-refractivity contribution in [3.63, 3.8) is 0 Å². The number of hydrogen-bond donors (Lipinski definition) is 1. The van der Waals surface area contributed by atoms with Crippen molar-refractivity contribution in [2.45, 2.75) is 57.4 Å². The van der Waals surface area contributed by atoms with Crippen LogP contribution in [0.3, 0.4) is 0 Å². The lowest BCUT2D eigenvalue weighted by Gasteiger charge is -2.44. The Hall–Kier alpha value is -0.220. The Morgan fingerprint density at radius 2 is 1.84 bits per heavy atom. The maximum absolute atomic E-state index is 12.3. The molecule has 1 atom stereocenters. The molecule has 1 amide bonds. The quantitative estimate of drug-likeness (QED) is 0.863. The van der Waals surface area contributed by atoms with Crippen molar-refractivity contribution in [1.29, 1.82) is 0 Å². The number of hydrogen-bond acceptors (Lipinski definition) is 3. The molecule has 3 nitrogen and oxygen atoms in total. The van der Waals surface area contributed by atoms with E-state index in [1.807, 2.05) is 4.90 Å². The highest BCUT2D eigenvalue weighted by atomic mass is 32.2. The van der Waals surface area contributed by atoms with Gasteiger partial charge in [-0.15, -0.1) is 0 Å². The van der Waals surface area contributed by atoms with Gasteiger partial charge in [-0.3, -0.25) is 4.79 Å². The number of carbonyl (C=O) groups is 1. The molecule has 1 heterocycles. The van der Waals surface area contributed by atoms with E-state index in [-0.39, 0.29) is 11.9 Å². The van der Waals surface area contributed by atoms with Crippen LogP contribution in [-0.4, -0.2) is 41.9 Å². The molecule has 110 valence electrons. The third kappa shape index (κ3) is 3.88. The van der Waals surface area contributed by atoms with Gasteiger partial charge in [0.05, 0.1) is 6.04 Å². The molecule has 4 heteroatoms. The molecule has 0 aromatic carbocycles. The van der Waals surface area contributed by atoms with E-state index < -0.39 is 0 Å². The molecule has 1 saturated carbocycles. The van der Waals surface area contributed by atoms with Crippen LogP contribution < -0.4 is 5.73 Å². The predicted molar refractivity (Wildman–Crippen MR) is 82.3 cm³/mol. The lowest BCUT2D eigenvalue weighted by atomic mass is 9.68. The topological polar surface area (TPSA) is 46.3 Å². The van der Waals surface area contributed by atoms with Crippen LogP contribution >= 0.6 is 11.8 Å². The van der Waals surface area contributed by atoms with Gasteiger partial charge in [-0.2, -0.15) is 11.8 Å². The van der Waals surface area contributed by atoms with Crippen molar-refractivity contribution in [2.24, 2.45) is 11.1 Å². The summed E-state index contributed by atoms with van der Waals surface area (Å²) in [5.41, 5.74) is 6.57. The van der Waals surface area contributed by atoms with Gasteiger partial charge in [0.1, 0.15) is 0 Å². The fourth-order valence-electron chi connectivity index (χ4n) is 3.61. The molecule has 2 fully saturated rings. The number of carbonyl (C=O) groups excluding carboxylic acids is 1. The second-order valence-corrected chi connectivity index (χ2v) is 7.26. The maximum atomic E-state index is 12.3. The van der Waals surface area contributed by atoms with Gasteiger partial charge in [-0.25, -0.2) is 0 Å². The first-order valence-electron chi connectivity index (χ1n) is 7.70. The van der Waals surface area contributed by atoms with Gasteiger partial charge >= 0.3 is 0 Å². The molecule has 0 aromatic heterocycles. The van der Waals surface area contributed by atoms with Gasteiger partial charge in [0.25, 0.3) is 0 Å².